The molecule has 0 bridgehead atoms. The van der Waals surface area contributed by atoms with Crippen molar-refractivity contribution in [3.05, 3.63) is 23.3 Å². The van der Waals surface area contributed by atoms with E-state index < -0.39 is 5.72 Å². The Morgan fingerprint density at radius 3 is 2.64 bits per heavy atom. The zero-order valence-corrected chi connectivity index (χ0v) is 16.6. The van der Waals surface area contributed by atoms with Gasteiger partial charge in [0.15, 0.2) is 17.2 Å². The summed E-state index contributed by atoms with van der Waals surface area (Å²) in [6, 6.07) is 3.49. The average Bonchev–Trinajstić information content (AvgIpc) is 3.29. The molecule has 1 spiro atoms. The zero-order valence-electron chi connectivity index (χ0n) is 16.6. The van der Waals surface area contributed by atoms with Crippen LogP contribution in [0.3, 0.4) is 0 Å². The monoisotopic (exact) mass is 386 g/mol. The van der Waals surface area contributed by atoms with E-state index in [4.69, 9.17) is 14.2 Å². The first-order valence-corrected chi connectivity index (χ1v) is 10.1. The van der Waals surface area contributed by atoms with E-state index >= 15 is 0 Å². The summed E-state index contributed by atoms with van der Waals surface area (Å²) in [5, 5.41) is 0. The van der Waals surface area contributed by atoms with Gasteiger partial charge in [0.05, 0.1) is 25.1 Å². The first-order chi connectivity index (χ1) is 13.4. The molecule has 1 aromatic carbocycles. The maximum atomic E-state index is 13.4. The molecule has 0 aliphatic carbocycles. The van der Waals surface area contributed by atoms with Crippen molar-refractivity contribution in [2.45, 2.75) is 51.4 Å². The van der Waals surface area contributed by atoms with Gasteiger partial charge < -0.3 is 24.0 Å². The largest absolute Gasteiger partial charge is 0.486 e. The van der Waals surface area contributed by atoms with E-state index in [1.54, 1.807) is 6.07 Å². The molecule has 2 amide bonds. The summed E-state index contributed by atoms with van der Waals surface area (Å²) in [6.45, 7) is 8.27. The number of rotatable bonds is 2. The fourth-order valence-electron chi connectivity index (χ4n) is 5.19. The van der Waals surface area contributed by atoms with Crippen LogP contribution < -0.4 is 9.47 Å². The van der Waals surface area contributed by atoms with Gasteiger partial charge in [0.1, 0.15) is 13.2 Å². The Kier molecular flexibility index (Phi) is 3.88. The summed E-state index contributed by atoms with van der Waals surface area (Å²) < 4.78 is 17.5. The minimum atomic E-state index is -0.649. The fraction of sp³-hybridized carbons (Fsp3) is 0.619. The van der Waals surface area contributed by atoms with E-state index in [1.165, 1.54) is 0 Å². The number of benzene rings is 1. The highest BCUT2D eigenvalue weighted by Crippen LogP contribution is 2.49. The van der Waals surface area contributed by atoms with Crippen molar-refractivity contribution in [2.75, 3.05) is 26.4 Å². The number of ether oxygens (including phenoxy) is 3. The number of carbonyl (C=O) groups is 2. The quantitative estimate of drug-likeness (QED) is 0.777. The van der Waals surface area contributed by atoms with E-state index in [0.717, 1.165) is 5.56 Å². The molecular weight excluding hydrogens is 360 g/mol. The van der Waals surface area contributed by atoms with Crippen molar-refractivity contribution in [2.24, 2.45) is 5.92 Å². The maximum absolute atomic E-state index is 13.4. The highest BCUT2D eigenvalue weighted by atomic mass is 16.6. The van der Waals surface area contributed by atoms with E-state index in [1.807, 2.05) is 22.8 Å². The first kappa shape index (κ1) is 17.8. The van der Waals surface area contributed by atoms with Crippen molar-refractivity contribution >= 4 is 11.8 Å². The number of fused-ring (bicyclic) bond motifs is 1. The van der Waals surface area contributed by atoms with Crippen LogP contribution in [0.15, 0.2) is 12.1 Å². The van der Waals surface area contributed by atoms with Crippen LogP contribution >= 0.6 is 0 Å². The molecule has 7 nitrogen and oxygen atoms in total. The Morgan fingerprint density at radius 1 is 1.21 bits per heavy atom. The van der Waals surface area contributed by atoms with Crippen molar-refractivity contribution in [3.8, 4) is 11.5 Å². The maximum Gasteiger partial charge on any atom is 0.254 e. The predicted octanol–water partition coefficient (Wildman–Crippen LogP) is 1.96. The Morgan fingerprint density at radius 2 is 1.93 bits per heavy atom. The number of amides is 2. The molecule has 3 atom stereocenters. The van der Waals surface area contributed by atoms with Gasteiger partial charge >= 0.3 is 0 Å². The molecule has 150 valence electrons. The lowest BCUT2D eigenvalue weighted by Crippen LogP contribution is -2.51. The summed E-state index contributed by atoms with van der Waals surface area (Å²) in [4.78, 5) is 30.0. The fourth-order valence-corrected chi connectivity index (χ4v) is 5.19. The standard InChI is InChI=1S/C21H26N2O5/c1-12(2)15-11-28-21-4-5-22(18(21)10-19(24)23(15)21)20(25)14-9-17-16(8-13(14)3)26-6-7-27-17/h8-9,12,15,18H,4-7,10-11H2,1-3H3/t15-,18+,21-/m0/s1. The number of likely N-dealkylation sites (tertiary alicyclic amines) is 1. The Labute approximate surface area is 164 Å². The van der Waals surface area contributed by atoms with Gasteiger partial charge in [-0.15, -0.1) is 0 Å². The predicted molar refractivity (Wildman–Crippen MR) is 100 cm³/mol. The third-order valence-corrected chi connectivity index (χ3v) is 6.64. The van der Waals surface area contributed by atoms with E-state index in [2.05, 4.69) is 13.8 Å². The van der Waals surface area contributed by atoms with Crippen molar-refractivity contribution < 1.29 is 23.8 Å². The van der Waals surface area contributed by atoms with Gasteiger partial charge in [0.2, 0.25) is 5.91 Å². The molecule has 4 aliphatic heterocycles. The van der Waals surface area contributed by atoms with Gasteiger partial charge in [-0.1, -0.05) is 13.8 Å². The lowest BCUT2D eigenvalue weighted by Gasteiger charge is -2.34. The number of nitrogens with zero attached hydrogens (tertiary/aromatic N) is 2. The van der Waals surface area contributed by atoms with Gasteiger partial charge in [-0.05, 0) is 30.5 Å². The van der Waals surface area contributed by atoms with Gasteiger partial charge in [-0.25, -0.2) is 0 Å². The van der Waals surface area contributed by atoms with Crippen LogP contribution in [0, 0.1) is 12.8 Å². The molecule has 28 heavy (non-hydrogen) atoms. The summed E-state index contributed by atoms with van der Waals surface area (Å²) in [6.07, 6.45) is 1.00. The van der Waals surface area contributed by atoms with Crippen LogP contribution in [0.4, 0.5) is 0 Å². The number of hydrogen-bond acceptors (Lipinski definition) is 5. The summed E-state index contributed by atoms with van der Waals surface area (Å²) in [7, 11) is 0. The number of hydrogen-bond donors (Lipinski definition) is 0. The van der Waals surface area contributed by atoms with Gasteiger partial charge in [0, 0.05) is 18.5 Å². The minimum absolute atomic E-state index is 0.0670. The molecule has 3 fully saturated rings. The third kappa shape index (κ3) is 2.32. The van der Waals surface area contributed by atoms with Crippen LogP contribution in [0.25, 0.3) is 0 Å². The molecule has 0 aromatic heterocycles. The van der Waals surface area contributed by atoms with Crippen molar-refractivity contribution in [1.82, 2.24) is 9.80 Å². The average molecular weight is 386 g/mol. The number of carbonyl (C=O) groups excluding carboxylic acids is 2. The molecule has 7 heteroatoms. The lowest BCUT2D eigenvalue weighted by atomic mass is 10.0. The summed E-state index contributed by atoms with van der Waals surface area (Å²) >= 11 is 0. The molecule has 1 aromatic rings. The Bertz CT molecular complexity index is 853. The summed E-state index contributed by atoms with van der Waals surface area (Å²) in [5.74, 6) is 1.64. The highest BCUT2D eigenvalue weighted by Gasteiger charge is 2.65. The third-order valence-electron chi connectivity index (χ3n) is 6.64. The molecule has 4 aliphatic rings. The van der Waals surface area contributed by atoms with Crippen LogP contribution in [-0.4, -0.2) is 65.8 Å². The SMILES string of the molecule is Cc1cc2c(cc1C(=O)N1CC[C@@]34OC[C@@H](C(C)C)N3C(=O)C[C@@H]14)OCCO2. The lowest BCUT2D eigenvalue weighted by molar-refractivity contribution is -0.139. The second-order valence-corrected chi connectivity index (χ2v) is 8.51. The first-order valence-electron chi connectivity index (χ1n) is 10.1. The van der Waals surface area contributed by atoms with E-state index in [-0.39, 0.29) is 23.9 Å². The van der Waals surface area contributed by atoms with Gasteiger partial charge in [-0.3, -0.25) is 9.59 Å². The molecular formula is C21H26N2O5. The normalized spacial score (nSPS) is 30.8. The molecule has 0 saturated carbocycles. The molecule has 0 unspecified atom stereocenters. The topological polar surface area (TPSA) is 68.3 Å². The van der Waals surface area contributed by atoms with Crippen LogP contribution in [-0.2, 0) is 9.53 Å². The van der Waals surface area contributed by atoms with Crippen molar-refractivity contribution in [3.63, 3.8) is 0 Å². The van der Waals surface area contributed by atoms with E-state index in [9.17, 15) is 9.59 Å². The van der Waals surface area contributed by atoms with Crippen molar-refractivity contribution in [1.29, 1.82) is 0 Å². The molecule has 5 rings (SSSR count). The second kappa shape index (κ2) is 6.11. The second-order valence-electron chi connectivity index (χ2n) is 8.51. The van der Waals surface area contributed by atoms with Crippen LogP contribution in [0.1, 0.15) is 42.6 Å². The van der Waals surface area contributed by atoms with Crippen LogP contribution in [0.2, 0.25) is 0 Å². The minimum Gasteiger partial charge on any atom is -0.486 e. The number of aryl methyl sites for hydroxylation is 1. The molecule has 0 radical (unpaired) electrons. The highest BCUT2D eigenvalue weighted by molar-refractivity contribution is 5.98. The smallest absolute Gasteiger partial charge is 0.254 e. The van der Waals surface area contributed by atoms with Gasteiger partial charge in [0.25, 0.3) is 5.91 Å². The summed E-state index contributed by atoms with van der Waals surface area (Å²) in [5.41, 5.74) is 0.804. The molecule has 3 saturated heterocycles. The zero-order chi connectivity index (χ0) is 19.6. The van der Waals surface area contributed by atoms with Crippen LogP contribution in [0.5, 0.6) is 11.5 Å². The Balaban J connectivity index is 1.46. The molecule has 0 N–H and O–H groups in total. The molecule has 4 heterocycles. The van der Waals surface area contributed by atoms with Gasteiger partial charge in [-0.2, -0.15) is 0 Å². The van der Waals surface area contributed by atoms with E-state index in [0.29, 0.717) is 62.2 Å². The Hall–Kier alpha value is -2.28.